The van der Waals surface area contributed by atoms with Crippen LogP contribution in [0.3, 0.4) is 0 Å². The minimum atomic E-state index is -0.828. The van der Waals surface area contributed by atoms with Crippen molar-refractivity contribution in [2.24, 2.45) is 0 Å². The molecule has 0 amide bonds. The summed E-state index contributed by atoms with van der Waals surface area (Å²) >= 11 is 4.25. The zero-order chi connectivity index (χ0) is 17.7. The van der Waals surface area contributed by atoms with Crippen LogP contribution in [0.4, 0.5) is 5.95 Å². The van der Waals surface area contributed by atoms with Gasteiger partial charge in [0.05, 0.1) is 6.10 Å². The molecule has 0 unspecified atom stereocenters. The number of nitrogen functional groups attached to an aromatic ring is 1. The lowest BCUT2D eigenvalue weighted by Gasteiger charge is -2.23. The van der Waals surface area contributed by atoms with Crippen molar-refractivity contribution >= 4 is 29.7 Å². The van der Waals surface area contributed by atoms with Crippen molar-refractivity contribution in [3.63, 3.8) is 0 Å². The Bertz CT molecular complexity index is 848. The van der Waals surface area contributed by atoms with Crippen molar-refractivity contribution in [3.8, 4) is 0 Å². The van der Waals surface area contributed by atoms with E-state index in [2.05, 4.69) is 27.6 Å². The number of imidazole rings is 1. The highest BCUT2D eigenvalue weighted by Crippen LogP contribution is 2.43. The molecule has 136 valence electrons. The molecule has 4 atom stereocenters. The molecule has 2 fully saturated rings. The SMILES string of the molecule is CCO[C@@H]1[C@H](O)[C@@H](CS)O[C@H]1n1c(C2CC2)nc2c(=O)[nH]c(N)nc21. The Balaban J connectivity index is 1.89. The van der Waals surface area contributed by atoms with Gasteiger partial charge in [-0.05, 0) is 19.8 Å². The second-order valence-electron chi connectivity index (χ2n) is 6.40. The number of hydrogen-bond donors (Lipinski definition) is 4. The fraction of sp³-hybridized carbons (Fsp3) is 0.667. The van der Waals surface area contributed by atoms with Crippen molar-refractivity contribution in [3.05, 3.63) is 16.2 Å². The number of H-pyrrole nitrogens is 1. The van der Waals surface area contributed by atoms with E-state index >= 15 is 0 Å². The van der Waals surface area contributed by atoms with Crippen molar-refractivity contribution in [1.29, 1.82) is 0 Å². The van der Waals surface area contributed by atoms with E-state index in [1.165, 1.54) is 0 Å². The maximum absolute atomic E-state index is 12.2. The molecule has 0 spiro atoms. The van der Waals surface area contributed by atoms with Gasteiger partial charge in [-0.25, -0.2) is 4.98 Å². The van der Waals surface area contributed by atoms with Crippen LogP contribution in [0.2, 0.25) is 0 Å². The summed E-state index contributed by atoms with van der Waals surface area (Å²) in [4.78, 5) is 23.5. The third-order valence-electron chi connectivity index (χ3n) is 4.65. The molecule has 1 saturated heterocycles. The van der Waals surface area contributed by atoms with Crippen molar-refractivity contribution < 1.29 is 14.6 Å². The van der Waals surface area contributed by atoms with E-state index in [0.29, 0.717) is 18.0 Å². The molecular formula is C15H21N5O4S. The normalized spacial score (nSPS) is 29.6. The molecule has 2 aliphatic rings. The topological polar surface area (TPSA) is 128 Å². The molecule has 3 heterocycles. The summed E-state index contributed by atoms with van der Waals surface area (Å²) < 4.78 is 13.5. The third kappa shape index (κ3) is 2.73. The minimum Gasteiger partial charge on any atom is -0.387 e. The number of fused-ring (bicyclic) bond motifs is 1. The number of aromatic amines is 1. The van der Waals surface area contributed by atoms with Gasteiger partial charge < -0.3 is 20.3 Å². The van der Waals surface area contributed by atoms with E-state index in [1.54, 1.807) is 4.57 Å². The molecule has 25 heavy (non-hydrogen) atoms. The Hall–Kier alpha value is -1.62. The van der Waals surface area contributed by atoms with E-state index in [4.69, 9.17) is 15.2 Å². The number of nitrogens with two attached hydrogens (primary N) is 1. The molecule has 2 aromatic rings. The van der Waals surface area contributed by atoms with Gasteiger partial charge in [0.1, 0.15) is 18.0 Å². The molecule has 0 bridgehead atoms. The maximum Gasteiger partial charge on any atom is 0.280 e. The highest BCUT2D eigenvalue weighted by molar-refractivity contribution is 7.80. The van der Waals surface area contributed by atoms with Gasteiger partial charge in [0, 0.05) is 18.3 Å². The first-order chi connectivity index (χ1) is 12.0. The molecule has 10 heteroatoms. The molecule has 0 aromatic carbocycles. The van der Waals surface area contributed by atoms with Gasteiger partial charge >= 0.3 is 0 Å². The summed E-state index contributed by atoms with van der Waals surface area (Å²) in [6.45, 7) is 2.27. The Morgan fingerprint density at radius 2 is 2.24 bits per heavy atom. The van der Waals surface area contributed by atoms with Crippen LogP contribution < -0.4 is 11.3 Å². The second-order valence-corrected chi connectivity index (χ2v) is 6.76. The molecular weight excluding hydrogens is 346 g/mol. The number of aliphatic hydroxyl groups excluding tert-OH is 1. The van der Waals surface area contributed by atoms with Gasteiger partial charge in [-0.1, -0.05) is 0 Å². The Morgan fingerprint density at radius 3 is 2.88 bits per heavy atom. The smallest absolute Gasteiger partial charge is 0.280 e. The Kier molecular flexibility index (Phi) is 4.22. The van der Waals surface area contributed by atoms with E-state index in [9.17, 15) is 9.90 Å². The van der Waals surface area contributed by atoms with E-state index in [1.807, 2.05) is 6.92 Å². The number of anilines is 1. The van der Waals surface area contributed by atoms with Crippen LogP contribution in [0, 0.1) is 0 Å². The molecule has 0 radical (unpaired) electrons. The molecule has 2 aromatic heterocycles. The van der Waals surface area contributed by atoms with Gasteiger partial charge in [0.2, 0.25) is 5.95 Å². The number of thiol groups is 1. The predicted molar refractivity (Wildman–Crippen MR) is 93.7 cm³/mol. The standard InChI is InChI=1S/C15H21N5O4S/c1-2-23-10-9(21)7(5-25)24-14(10)20-11(6-3-4-6)17-8-12(20)18-15(16)19-13(8)22/h6-7,9-10,14,21,25H,2-5H2,1H3,(H3,16,18,19,22)/t7-,9-,10-,14-/m1/s1. The van der Waals surface area contributed by atoms with Crippen LogP contribution in [-0.4, -0.2) is 55.3 Å². The maximum atomic E-state index is 12.2. The quantitative estimate of drug-likeness (QED) is 0.555. The zero-order valence-electron chi connectivity index (χ0n) is 13.8. The summed E-state index contributed by atoms with van der Waals surface area (Å²) in [6, 6.07) is 0. The monoisotopic (exact) mass is 367 g/mol. The number of aliphatic hydroxyl groups is 1. The predicted octanol–water partition coefficient (Wildman–Crippen LogP) is 0.172. The van der Waals surface area contributed by atoms with Crippen LogP contribution in [0.1, 0.15) is 37.7 Å². The molecule has 4 N–H and O–H groups in total. The Labute approximate surface area is 149 Å². The second kappa shape index (κ2) is 6.27. The highest BCUT2D eigenvalue weighted by atomic mass is 32.1. The fourth-order valence-corrected chi connectivity index (χ4v) is 3.65. The lowest BCUT2D eigenvalue weighted by atomic mass is 10.1. The summed E-state index contributed by atoms with van der Waals surface area (Å²) in [5.74, 6) is 1.33. The van der Waals surface area contributed by atoms with Crippen LogP contribution in [-0.2, 0) is 9.47 Å². The van der Waals surface area contributed by atoms with Crippen LogP contribution in [0.15, 0.2) is 4.79 Å². The van der Waals surface area contributed by atoms with Crippen molar-refractivity contribution in [2.45, 2.75) is 50.2 Å². The minimum absolute atomic E-state index is 0.0123. The number of nitrogens with zero attached hydrogens (tertiary/aromatic N) is 3. The lowest BCUT2D eigenvalue weighted by Crippen LogP contribution is -2.35. The van der Waals surface area contributed by atoms with Crippen molar-refractivity contribution in [1.82, 2.24) is 19.5 Å². The van der Waals surface area contributed by atoms with Crippen LogP contribution in [0.25, 0.3) is 11.2 Å². The summed E-state index contributed by atoms with van der Waals surface area (Å²) in [5.41, 5.74) is 5.91. The number of hydrogen-bond acceptors (Lipinski definition) is 8. The molecule has 1 aliphatic carbocycles. The largest absolute Gasteiger partial charge is 0.387 e. The highest BCUT2D eigenvalue weighted by Gasteiger charge is 2.47. The van der Waals surface area contributed by atoms with Gasteiger partial charge in [-0.15, -0.1) is 0 Å². The number of nitrogens with one attached hydrogen (secondary N) is 1. The van der Waals surface area contributed by atoms with Gasteiger partial charge in [0.15, 0.2) is 17.4 Å². The van der Waals surface area contributed by atoms with Crippen molar-refractivity contribution in [2.75, 3.05) is 18.1 Å². The summed E-state index contributed by atoms with van der Waals surface area (Å²) in [6.07, 6.45) is -0.566. The van der Waals surface area contributed by atoms with Crippen LogP contribution in [0.5, 0.6) is 0 Å². The average Bonchev–Trinajstić information content (AvgIpc) is 3.29. The number of aromatic nitrogens is 4. The average molecular weight is 367 g/mol. The molecule has 4 rings (SSSR count). The van der Waals surface area contributed by atoms with E-state index in [-0.39, 0.29) is 22.9 Å². The zero-order valence-corrected chi connectivity index (χ0v) is 14.6. The third-order valence-corrected chi connectivity index (χ3v) is 5.00. The summed E-state index contributed by atoms with van der Waals surface area (Å²) in [5, 5.41) is 10.5. The first kappa shape index (κ1) is 16.8. The van der Waals surface area contributed by atoms with Gasteiger partial charge in [-0.3, -0.25) is 14.3 Å². The number of rotatable bonds is 5. The molecule has 9 nitrogen and oxygen atoms in total. The van der Waals surface area contributed by atoms with E-state index in [0.717, 1.165) is 18.7 Å². The number of ether oxygens (including phenoxy) is 2. The van der Waals surface area contributed by atoms with Crippen LogP contribution >= 0.6 is 12.6 Å². The Morgan fingerprint density at radius 1 is 1.48 bits per heavy atom. The fourth-order valence-electron chi connectivity index (χ4n) is 3.35. The van der Waals surface area contributed by atoms with Gasteiger partial charge in [-0.2, -0.15) is 17.6 Å². The molecule has 1 aliphatic heterocycles. The molecule has 1 saturated carbocycles. The first-order valence-electron chi connectivity index (χ1n) is 8.38. The van der Waals surface area contributed by atoms with Gasteiger partial charge in [0.25, 0.3) is 5.56 Å². The summed E-state index contributed by atoms with van der Waals surface area (Å²) in [7, 11) is 0. The first-order valence-corrected chi connectivity index (χ1v) is 9.02. The van der Waals surface area contributed by atoms with E-state index < -0.39 is 24.5 Å². The lowest BCUT2D eigenvalue weighted by molar-refractivity contribution is -0.0630.